The van der Waals surface area contributed by atoms with E-state index in [9.17, 15) is 8.78 Å². The van der Waals surface area contributed by atoms with Crippen molar-refractivity contribution in [2.45, 2.75) is 39.2 Å². The molecule has 1 nitrogen and oxygen atoms in total. The third kappa shape index (κ3) is 3.89. The summed E-state index contributed by atoms with van der Waals surface area (Å²) in [5.41, 5.74) is 0.214. The molecule has 0 aliphatic rings. The van der Waals surface area contributed by atoms with Gasteiger partial charge < -0.3 is 5.32 Å². The lowest BCUT2D eigenvalue weighted by molar-refractivity contribution is 0.497. The first-order valence-electron chi connectivity index (χ1n) is 5.81. The van der Waals surface area contributed by atoms with Crippen LogP contribution < -0.4 is 5.32 Å². The smallest absolute Gasteiger partial charge is 0.129 e. The Labute approximate surface area is 95.9 Å². The summed E-state index contributed by atoms with van der Waals surface area (Å²) < 4.78 is 26.5. The zero-order chi connectivity index (χ0) is 12.0. The minimum absolute atomic E-state index is 0.214. The van der Waals surface area contributed by atoms with Gasteiger partial charge in [-0.1, -0.05) is 13.0 Å². The molecule has 1 aromatic rings. The third-order valence-corrected chi connectivity index (χ3v) is 2.68. The standard InChI is InChI=1S/C13H19F2N/c1-3-16-10(2)6-4-7-11-12(14)8-5-9-13(11)15/h5,8-10,16H,3-4,6-7H2,1-2H3. The number of nitrogens with one attached hydrogen (secondary N) is 1. The van der Waals surface area contributed by atoms with Crippen molar-refractivity contribution in [3.8, 4) is 0 Å². The van der Waals surface area contributed by atoms with Crippen molar-refractivity contribution in [1.82, 2.24) is 5.32 Å². The molecule has 1 aromatic carbocycles. The molecule has 0 saturated heterocycles. The van der Waals surface area contributed by atoms with Gasteiger partial charge >= 0.3 is 0 Å². The molecule has 3 heteroatoms. The summed E-state index contributed by atoms with van der Waals surface area (Å²) in [4.78, 5) is 0. The van der Waals surface area contributed by atoms with Gasteiger partial charge in [0.25, 0.3) is 0 Å². The fraction of sp³-hybridized carbons (Fsp3) is 0.538. The van der Waals surface area contributed by atoms with Gasteiger partial charge in [-0.15, -0.1) is 0 Å². The van der Waals surface area contributed by atoms with Gasteiger partial charge in [-0.3, -0.25) is 0 Å². The van der Waals surface area contributed by atoms with E-state index >= 15 is 0 Å². The minimum Gasteiger partial charge on any atom is -0.315 e. The average Bonchev–Trinajstić information content (AvgIpc) is 2.23. The van der Waals surface area contributed by atoms with Gasteiger partial charge in [0, 0.05) is 11.6 Å². The zero-order valence-electron chi connectivity index (χ0n) is 9.89. The van der Waals surface area contributed by atoms with Crippen LogP contribution in [0.1, 0.15) is 32.3 Å². The van der Waals surface area contributed by atoms with E-state index in [2.05, 4.69) is 12.2 Å². The Kier molecular flexibility index (Phi) is 5.39. The molecule has 1 unspecified atom stereocenters. The summed E-state index contributed by atoms with van der Waals surface area (Å²) >= 11 is 0. The highest BCUT2D eigenvalue weighted by Gasteiger charge is 2.08. The molecule has 0 aliphatic heterocycles. The largest absolute Gasteiger partial charge is 0.315 e. The van der Waals surface area contributed by atoms with Gasteiger partial charge in [0.2, 0.25) is 0 Å². The lowest BCUT2D eigenvalue weighted by Crippen LogP contribution is -2.25. The molecule has 1 N–H and O–H groups in total. The van der Waals surface area contributed by atoms with E-state index in [-0.39, 0.29) is 5.56 Å². The summed E-state index contributed by atoms with van der Waals surface area (Å²) in [5.74, 6) is -0.868. The first-order valence-corrected chi connectivity index (χ1v) is 5.81. The summed E-state index contributed by atoms with van der Waals surface area (Å²) in [6, 6.07) is 4.42. The normalized spacial score (nSPS) is 12.8. The average molecular weight is 227 g/mol. The second kappa shape index (κ2) is 6.59. The maximum atomic E-state index is 13.3. The quantitative estimate of drug-likeness (QED) is 0.786. The predicted molar refractivity (Wildman–Crippen MR) is 62.4 cm³/mol. The molecule has 0 radical (unpaired) electrons. The topological polar surface area (TPSA) is 12.0 Å². The Morgan fingerprint density at radius 1 is 1.25 bits per heavy atom. The molecule has 1 atom stereocenters. The first-order chi connectivity index (χ1) is 7.65. The highest BCUT2D eigenvalue weighted by molar-refractivity contribution is 5.19. The van der Waals surface area contributed by atoms with Gasteiger partial charge in [0.1, 0.15) is 11.6 Å². The van der Waals surface area contributed by atoms with E-state index in [1.165, 1.54) is 18.2 Å². The fourth-order valence-electron chi connectivity index (χ4n) is 1.81. The lowest BCUT2D eigenvalue weighted by atomic mass is 10.0. The Morgan fingerprint density at radius 2 is 1.88 bits per heavy atom. The molecule has 0 fully saturated rings. The Balaban J connectivity index is 2.43. The summed E-state index contributed by atoms with van der Waals surface area (Å²) in [6.45, 7) is 5.06. The second-order valence-electron chi connectivity index (χ2n) is 4.05. The molecule has 0 saturated carbocycles. The summed E-state index contributed by atoms with van der Waals surface area (Å²) in [6.07, 6.45) is 2.20. The van der Waals surface area contributed by atoms with Crippen LogP contribution in [-0.4, -0.2) is 12.6 Å². The molecule has 0 aromatic heterocycles. The van der Waals surface area contributed by atoms with Crippen LogP contribution in [0, 0.1) is 11.6 Å². The van der Waals surface area contributed by atoms with Gasteiger partial charge in [-0.25, -0.2) is 8.78 Å². The van der Waals surface area contributed by atoms with Crippen LogP contribution in [0.4, 0.5) is 8.78 Å². The number of rotatable bonds is 6. The Hall–Kier alpha value is -0.960. The lowest BCUT2D eigenvalue weighted by Gasteiger charge is -2.12. The van der Waals surface area contributed by atoms with Crippen molar-refractivity contribution in [2.24, 2.45) is 0 Å². The van der Waals surface area contributed by atoms with E-state index in [0.717, 1.165) is 19.4 Å². The van der Waals surface area contributed by atoms with Crippen LogP contribution in [0.25, 0.3) is 0 Å². The van der Waals surface area contributed by atoms with Crippen LogP contribution in [0.3, 0.4) is 0 Å². The maximum absolute atomic E-state index is 13.3. The van der Waals surface area contributed by atoms with Crippen molar-refractivity contribution >= 4 is 0 Å². The number of hydrogen-bond acceptors (Lipinski definition) is 1. The monoisotopic (exact) mass is 227 g/mol. The molecule has 0 amide bonds. The van der Waals surface area contributed by atoms with E-state index in [0.29, 0.717) is 12.5 Å². The van der Waals surface area contributed by atoms with Crippen LogP contribution in [-0.2, 0) is 6.42 Å². The highest BCUT2D eigenvalue weighted by Crippen LogP contribution is 2.15. The van der Waals surface area contributed by atoms with E-state index < -0.39 is 11.6 Å². The third-order valence-electron chi connectivity index (χ3n) is 2.68. The molecule has 16 heavy (non-hydrogen) atoms. The minimum atomic E-state index is -0.434. The Bertz CT molecular complexity index is 305. The Morgan fingerprint density at radius 3 is 2.44 bits per heavy atom. The molecule has 1 rings (SSSR count). The van der Waals surface area contributed by atoms with Crippen LogP contribution in [0.2, 0.25) is 0 Å². The molecular formula is C13H19F2N. The van der Waals surface area contributed by atoms with Crippen LogP contribution >= 0.6 is 0 Å². The molecule has 90 valence electrons. The second-order valence-corrected chi connectivity index (χ2v) is 4.05. The summed E-state index contributed by atoms with van der Waals surface area (Å²) in [7, 11) is 0. The van der Waals surface area contributed by atoms with Crippen molar-refractivity contribution in [3.63, 3.8) is 0 Å². The van der Waals surface area contributed by atoms with E-state index in [1.54, 1.807) is 0 Å². The van der Waals surface area contributed by atoms with Crippen LogP contribution in [0.5, 0.6) is 0 Å². The summed E-state index contributed by atoms with van der Waals surface area (Å²) in [5, 5.41) is 3.27. The predicted octanol–water partition coefficient (Wildman–Crippen LogP) is 3.29. The number of hydrogen-bond donors (Lipinski definition) is 1. The highest BCUT2D eigenvalue weighted by atomic mass is 19.1. The number of benzene rings is 1. The van der Waals surface area contributed by atoms with Crippen LogP contribution in [0.15, 0.2) is 18.2 Å². The maximum Gasteiger partial charge on any atom is 0.129 e. The van der Waals surface area contributed by atoms with Crippen molar-refractivity contribution in [3.05, 3.63) is 35.4 Å². The SMILES string of the molecule is CCNC(C)CCCc1c(F)cccc1F. The molecule has 0 heterocycles. The first kappa shape index (κ1) is 13.1. The van der Waals surface area contributed by atoms with Gasteiger partial charge in [0.05, 0.1) is 0 Å². The van der Waals surface area contributed by atoms with E-state index in [1.807, 2.05) is 6.92 Å². The van der Waals surface area contributed by atoms with Crippen molar-refractivity contribution in [2.75, 3.05) is 6.54 Å². The molecule has 0 aliphatic carbocycles. The van der Waals surface area contributed by atoms with Crippen molar-refractivity contribution < 1.29 is 8.78 Å². The molecule has 0 bridgehead atoms. The van der Waals surface area contributed by atoms with Gasteiger partial charge in [-0.05, 0) is 44.9 Å². The fourth-order valence-corrected chi connectivity index (χ4v) is 1.81. The molecular weight excluding hydrogens is 208 g/mol. The van der Waals surface area contributed by atoms with Gasteiger partial charge in [-0.2, -0.15) is 0 Å². The van der Waals surface area contributed by atoms with Gasteiger partial charge in [0.15, 0.2) is 0 Å². The van der Waals surface area contributed by atoms with E-state index in [4.69, 9.17) is 0 Å². The number of halogens is 2. The molecule has 0 spiro atoms. The zero-order valence-corrected chi connectivity index (χ0v) is 9.89. The van der Waals surface area contributed by atoms with Crippen molar-refractivity contribution in [1.29, 1.82) is 0 Å².